The number of pyridine rings is 1. The van der Waals surface area contributed by atoms with Crippen LogP contribution >= 0.6 is 0 Å². The summed E-state index contributed by atoms with van der Waals surface area (Å²) in [6.45, 7) is 0.577. The second-order valence-corrected chi connectivity index (χ2v) is 4.03. The molecule has 0 amide bonds. The normalized spacial score (nSPS) is 14.2. The van der Waals surface area contributed by atoms with Gasteiger partial charge in [0.1, 0.15) is 5.82 Å². The fraction of sp³-hybridized carbons (Fsp3) is 0.545. The van der Waals surface area contributed by atoms with E-state index >= 15 is 0 Å². The first-order chi connectivity index (χ1) is 6.72. The molecule has 3 heteroatoms. The predicted octanol–water partition coefficient (Wildman–Crippen LogP) is 1.09. The molecule has 1 aromatic rings. The van der Waals surface area contributed by atoms with E-state index in [0.29, 0.717) is 6.54 Å². The topological polar surface area (TPSA) is 42.2 Å². The molecular weight excluding hydrogens is 174 g/mol. The molecule has 0 spiro atoms. The van der Waals surface area contributed by atoms with Crippen LogP contribution in [0.15, 0.2) is 6.07 Å². The Bertz CT molecular complexity index is 345. The van der Waals surface area contributed by atoms with Crippen molar-refractivity contribution in [1.82, 2.24) is 4.98 Å². The van der Waals surface area contributed by atoms with E-state index in [2.05, 4.69) is 11.1 Å². The quantitative estimate of drug-likeness (QED) is 0.761. The molecule has 0 aliphatic heterocycles. The Morgan fingerprint density at radius 1 is 1.43 bits per heavy atom. The molecule has 1 aromatic heterocycles. The molecular formula is C11H17N3. The van der Waals surface area contributed by atoms with Crippen LogP contribution in [0.5, 0.6) is 0 Å². The predicted molar refractivity (Wildman–Crippen MR) is 58.5 cm³/mol. The summed E-state index contributed by atoms with van der Waals surface area (Å²) in [5.41, 5.74) is 9.55. The molecule has 2 N–H and O–H groups in total. The maximum Gasteiger partial charge on any atom is 0.132 e. The Morgan fingerprint density at radius 2 is 2.21 bits per heavy atom. The van der Waals surface area contributed by atoms with Crippen LogP contribution in [0, 0.1) is 0 Å². The van der Waals surface area contributed by atoms with Gasteiger partial charge in [0.2, 0.25) is 0 Å². The average molecular weight is 191 g/mol. The van der Waals surface area contributed by atoms with Crippen LogP contribution in [0.2, 0.25) is 0 Å². The fourth-order valence-corrected chi connectivity index (χ4v) is 2.05. The van der Waals surface area contributed by atoms with E-state index in [1.54, 1.807) is 0 Å². The molecule has 0 radical (unpaired) electrons. The number of anilines is 1. The molecule has 76 valence electrons. The summed E-state index contributed by atoms with van der Waals surface area (Å²) in [5.74, 6) is 1.04. The van der Waals surface area contributed by atoms with Crippen molar-refractivity contribution in [2.75, 3.05) is 19.0 Å². The van der Waals surface area contributed by atoms with Crippen LogP contribution in [0.4, 0.5) is 5.82 Å². The zero-order chi connectivity index (χ0) is 10.1. The highest BCUT2D eigenvalue weighted by atomic mass is 15.1. The first-order valence-corrected chi connectivity index (χ1v) is 5.11. The van der Waals surface area contributed by atoms with Crippen molar-refractivity contribution in [2.24, 2.45) is 5.73 Å². The van der Waals surface area contributed by atoms with Gasteiger partial charge in [0.25, 0.3) is 0 Å². The first-order valence-electron chi connectivity index (χ1n) is 5.11. The maximum atomic E-state index is 5.72. The number of aromatic nitrogens is 1. The SMILES string of the molecule is CN(C)c1nc2c(cc1CN)CCC2. The Labute approximate surface area is 84.9 Å². The monoisotopic (exact) mass is 191 g/mol. The largest absolute Gasteiger partial charge is 0.362 e. The maximum absolute atomic E-state index is 5.72. The van der Waals surface area contributed by atoms with E-state index < -0.39 is 0 Å². The van der Waals surface area contributed by atoms with Gasteiger partial charge in [-0.3, -0.25) is 0 Å². The number of rotatable bonds is 2. The highest BCUT2D eigenvalue weighted by Gasteiger charge is 2.16. The van der Waals surface area contributed by atoms with Crippen LogP contribution in [0.1, 0.15) is 23.2 Å². The Balaban J connectivity index is 2.49. The third-order valence-corrected chi connectivity index (χ3v) is 2.75. The number of fused-ring (bicyclic) bond motifs is 1. The number of nitrogens with two attached hydrogens (primary N) is 1. The second kappa shape index (κ2) is 3.58. The number of hydrogen-bond acceptors (Lipinski definition) is 3. The standard InChI is InChI=1S/C11H17N3/c1-14(2)11-9(7-12)6-8-4-3-5-10(8)13-11/h6H,3-5,7,12H2,1-2H3. The molecule has 0 atom stereocenters. The molecule has 2 rings (SSSR count). The first kappa shape index (κ1) is 9.46. The number of hydrogen-bond donors (Lipinski definition) is 1. The van der Waals surface area contributed by atoms with Gasteiger partial charge in [-0.25, -0.2) is 4.98 Å². The third-order valence-electron chi connectivity index (χ3n) is 2.75. The van der Waals surface area contributed by atoms with Crippen molar-refractivity contribution in [1.29, 1.82) is 0 Å². The lowest BCUT2D eigenvalue weighted by molar-refractivity contribution is 0.896. The molecule has 1 aliphatic carbocycles. The van der Waals surface area contributed by atoms with E-state index in [9.17, 15) is 0 Å². The van der Waals surface area contributed by atoms with Crippen LogP contribution in [0.25, 0.3) is 0 Å². The third kappa shape index (κ3) is 1.48. The lowest BCUT2D eigenvalue weighted by Crippen LogP contribution is -2.16. The Kier molecular flexibility index (Phi) is 2.42. The summed E-state index contributed by atoms with van der Waals surface area (Å²) < 4.78 is 0. The van der Waals surface area contributed by atoms with Crippen molar-refractivity contribution >= 4 is 5.82 Å². The highest BCUT2D eigenvalue weighted by molar-refractivity contribution is 5.49. The molecule has 3 nitrogen and oxygen atoms in total. The summed E-state index contributed by atoms with van der Waals surface area (Å²) in [7, 11) is 4.03. The molecule has 0 aromatic carbocycles. The van der Waals surface area contributed by atoms with Crippen LogP contribution < -0.4 is 10.6 Å². The smallest absolute Gasteiger partial charge is 0.132 e. The van der Waals surface area contributed by atoms with E-state index in [1.165, 1.54) is 24.1 Å². The summed E-state index contributed by atoms with van der Waals surface area (Å²) in [6, 6.07) is 2.23. The minimum absolute atomic E-state index is 0.577. The minimum Gasteiger partial charge on any atom is -0.362 e. The molecule has 14 heavy (non-hydrogen) atoms. The summed E-state index contributed by atoms with van der Waals surface area (Å²) >= 11 is 0. The summed E-state index contributed by atoms with van der Waals surface area (Å²) in [4.78, 5) is 6.71. The minimum atomic E-state index is 0.577. The molecule has 0 saturated heterocycles. The van der Waals surface area contributed by atoms with Gasteiger partial charge in [0.05, 0.1) is 0 Å². The Hall–Kier alpha value is -1.09. The summed E-state index contributed by atoms with van der Waals surface area (Å²) in [5, 5.41) is 0. The van der Waals surface area contributed by atoms with Crippen molar-refractivity contribution in [3.05, 3.63) is 22.9 Å². The molecule has 1 heterocycles. The van der Waals surface area contributed by atoms with Gasteiger partial charge in [-0.1, -0.05) is 0 Å². The van der Waals surface area contributed by atoms with E-state index in [-0.39, 0.29) is 0 Å². The average Bonchev–Trinajstić information content (AvgIpc) is 2.62. The Morgan fingerprint density at radius 3 is 2.86 bits per heavy atom. The second-order valence-electron chi connectivity index (χ2n) is 4.03. The van der Waals surface area contributed by atoms with Crippen LogP contribution in [-0.2, 0) is 19.4 Å². The van der Waals surface area contributed by atoms with Gasteiger partial charge in [0, 0.05) is 31.9 Å². The van der Waals surface area contributed by atoms with E-state index in [0.717, 1.165) is 17.8 Å². The number of nitrogens with zero attached hydrogens (tertiary/aromatic N) is 2. The van der Waals surface area contributed by atoms with Gasteiger partial charge in [-0.05, 0) is 30.9 Å². The van der Waals surface area contributed by atoms with Crippen LogP contribution in [0.3, 0.4) is 0 Å². The van der Waals surface area contributed by atoms with Crippen molar-refractivity contribution in [3.8, 4) is 0 Å². The molecule has 0 unspecified atom stereocenters. The number of aryl methyl sites for hydroxylation is 2. The van der Waals surface area contributed by atoms with Gasteiger partial charge in [-0.2, -0.15) is 0 Å². The van der Waals surface area contributed by atoms with Crippen molar-refractivity contribution < 1.29 is 0 Å². The van der Waals surface area contributed by atoms with E-state index in [1.807, 2.05) is 19.0 Å². The lowest BCUT2D eigenvalue weighted by Gasteiger charge is -2.17. The van der Waals surface area contributed by atoms with Gasteiger partial charge in [-0.15, -0.1) is 0 Å². The van der Waals surface area contributed by atoms with Crippen molar-refractivity contribution in [3.63, 3.8) is 0 Å². The summed E-state index contributed by atoms with van der Waals surface area (Å²) in [6.07, 6.45) is 3.54. The van der Waals surface area contributed by atoms with E-state index in [4.69, 9.17) is 5.73 Å². The lowest BCUT2D eigenvalue weighted by atomic mass is 10.1. The molecule has 0 saturated carbocycles. The molecule has 1 aliphatic rings. The van der Waals surface area contributed by atoms with Gasteiger partial charge in [0.15, 0.2) is 0 Å². The van der Waals surface area contributed by atoms with Gasteiger partial charge < -0.3 is 10.6 Å². The zero-order valence-corrected chi connectivity index (χ0v) is 8.88. The van der Waals surface area contributed by atoms with Crippen LogP contribution in [-0.4, -0.2) is 19.1 Å². The fourth-order valence-electron chi connectivity index (χ4n) is 2.05. The molecule has 0 bridgehead atoms. The van der Waals surface area contributed by atoms with Gasteiger partial charge >= 0.3 is 0 Å². The van der Waals surface area contributed by atoms with Crippen molar-refractivity contribution in [2.45, 2.75) is 25.8 Å². The zero-order valence-electron chi connectivity index (χ0n) is 8.88. The highest BCUT2D eigenvalue weighted by Crippen LogP contribution is 2.26. The molecule has 0 fully saturated rings.